The van der Waals surface area contributed by atoms with Crippen LogP contribution < -0.4 is 20.7 Å². The molecule has 2 aromatic carbocycles. The predicted molar refractivity (Wildman–Crippen MR) is 101 cm³/mol. The molecule has 7 heteroatoms. The maximum atomic E-state index is 12.8. The molecule has 0 saturated heterocycles. The zero-order chi connectivity index (χ0) is 19.4. The van der Waals surface area contributed by atoms with Gasteiger partial charge in [0, 0.05) is 12.1 Å². The molecule has 0 unspecified atom stereocenters. The van der Waals surface area contributed by atoms with Crippen molar-refractivity contribution in [3.8, 4) is 5.75 Å². The van der Waals surface area contributed by atoms with Gasteiger partial charge in [0.05, 0.1) is 23.4 Å². The molecule has 1 heterocycles. The molecule has 1 aliphatic heterocycles. The Hall–Kier alpha value is -3.19. The molecule has 140 valence electrons. The highest BCUT2D eigenvalue weighted by Gasteiger charge is 2.37. The van der Waals surface area contributed by atoms with Gasteiger partial charge in [-0.25, -0.2) is 4.90 Å². The van der Waals surface area contributed by atoms with Crippen LogP contribution in [0.25, 0.3) is 0 Å². The van der Waals surface area contributed by atoms with Crippen LogP contribution in [0.3, 0.4) is 0 Å². The lowest BCUT2D eigenvalue weighted by atomic mass is 10.1. The molecule has 1 aliphatic rings. The number of nitrogens with one attached hydrogen (secondary N) is 1. The molecular weight excluding hydrogens is 346 g/mol. The van der Waals surface area contributed by atoms with Crippen molar-refractivity contribution in [3.63, 3.8) is 0 Å². The number of anilines is 1. The van der Waals surface area contributed by atoms with Crippen LogP contribution in [0.4, 0.5) is 5.69 Å². The van der Waals surface area contributed by atoms with E-state index in [9.17, 15) is 14.4 Å². The zero-order valence-electron chi connectivity index (χ0n) is 15.0. The Labute approximate surface area is 157 Å². The first-order chi connectivity index (χ1) is 13.1. The standard InChI is InChI=1S/C20H21N3O4/c1-2-27-15-7-5-14(6-8-15)23-19(25)16-9-4-13(12-17(16)20(23)26)18(24)22-11-3-10-21/h4-9,12H,2-3,10-11,21H2,1H3,(H,22,24). The van der Waals surface area contributed by atoms with Crippen molar-refractivity contribution in [2.24, 2.45) is 5.73 Å². The first-order valence-electron chi connectivity index (χ1n) is 8.80. The molecule has 3 amide bonds. The molecule has 0 radical (unpaired) electrons. The quantitative estimate of drug-likeness (QED) is 0.575. The van der Waals surface area contributed by atoms with Gasteiger partial charge in [0.1, 0.15) is 5.75 Å². The van der Waals surface area contributed by atoms with E-state index in [4.69, 9.17) is 10.5 Å². The van der Waals surface area contributed by atoms with Gasteiger partial charge in [-0.2, -0.15) is 0 Å². The van der Waals surface area contributed by atoms with E-state index in [1.54, 1.807) is 30.3 Å². The van der Waals surface area contributed by atoms with Gasteiger partial charge in [-0.1, -0.05) is 0 Å². The van der Waals surface area contributed by atoms with Crippen molar-refractivity contribution in [1.82, 2.24) is 5.32 Å². The topological polar surface area (TPSA) is 102 Å². The van der Waals surface area contributed by atoms with Crippen LogP contribution in [0.15, 0.2) is 42.5 Å². The van der Waals surface area contributed by atoms with Crippen LogP contribution in [-0.2, 0) is 0 Å². The smallest absolute Gasteiger partial charge is 0.266 e. The molecular formula is C20H21N3O4. The molecule has 2 aromatic rings. The lowest BCUT2D eigenvalue weighted by Crippen LogP contribution is -2.29. The second kappa shape index (κ2) is 8.01. The van der Waals surface area contributed by atoms with Gasteiger partial charge in [-0.05, 0) is 62.4 Å². The highest BCUT2D eigenvalue weighted by atomic mass is 16.5. The van der Waals surface area contributed by atoms with Crippen molar-refractivity contribution in [1.29, 1.82) is 0 Å². The van der Waals surface area contributed by atoms with E-state index in [0.717, 1.165) is 4.90 Å². The van der Waals surface area contributed by atoms with Crippen LogP contribution in [0.5, 0.6) is 5.75 Å². The van der Waals surface area contributed by atoms with Crippen molar-refractivity contribution in [2.45, 2.75) is 13.3 Å². The third kappa shape index (κ3) is 3.68. The van der Waals surface area contributed by atoms with E-state index in [1.165, 1.54) is 12.1 Å². The maximum Gasteiger partial charge on any atom is 0.266 e. The van der Waals surface area contributed by atoms with Crippen molar-refractivity contribution in [2.75, 3.05) is 24.6 Å². The summed E-state index contributed by atoms with van der Waals surface area (Å²) in [6, 6.07) is 11.3. The predicted octanol–water partition coefficient (Wildman–Crippen LogP) is 1.96. The molecule has 0 fully saturated rings. The minimum atomic E-state index is -0.448. The number of hydrogen-bond donors (Lipinski definition) is 2. The Bertz CT molecular complexity index is 877. The number of imide groups is 1. The minimum Gasteiger partial charge on any atom is -0.494 e. The van der Waals surface area contributed by atoms with E-state index in [0.29, 0.717) is 43.1 Å². The van der Waals surface area contributed by atoms with E-state index in [2.05, 4.69) is 5.32 Å². The second-order valence-electron chi connectivity index (χ2n) is 6.03. The molecule has 0 spiro atoms. The summed E-state index contributed by atoms with van der Waals surface area (Å²) < 4.78 is 5.38. The lowest BCUT2D eigenvalue weighted by molar-refractivity contribution is 0.0923. The molecule has 0 aromatic heterocycles. The maximum absolute atomic E-state index is 12.8. The number of carbonyl (C=O) groups excluding carboxylic acids is 3. The number of benzene rings is 2. The first-order valence-corrected chi connectivity index (χ1v) is 8.80. The van der Waals surface area contributed by atoms with E-state index < -0.39 is 11.8 Å². The van der Waals surface area contributed by atoms with Gasteiger partial charge in [0.15, 0.2) is 0 Å². The zero-order valence-corrected chi connectivity index (χ0v) is 15.0. The van der Waals surface area contributed by atoms with Gasteiger partial charge in [-0.15, -0.1) is 0 Å². The molecule has 27 heavy (non-hydrogen) atoms. The van der Waals surface area contributed by atoms with Gasteiger partial charge in [0.25, 0.3) is 17.7 Å². The number of hydrogen-bond acceptors (Lipinski definition) is 5. The Morgan fingerprint density at radius 2 is 1.78 bits per heavy atom. The molecule has 3 rings (SSSR count). The third-order valence-corrected chi connectivity index (χ3v) is 4.22. The molecule has 0 atom stereocenters. The van der Waals surface area contributed by atoms with Crippen molar-refractivity contribution < 1.29 is 19.1 Å². The Balaban J connectivity index is 1.83. The third-order valence-electron chi connectivity index (χ3n) is 4.22. The van der Waals surface area contributed by atoms with Crippen molar-refractivity contribution >= 4 is 23.4 Å². The van der Waals surface area contributed by atoms with E-state index in [1.807, 2.05) is 6.92 Å². The Morgan fingerprint density at radius 1 is 1.07 bits per heavy atom. The first kappa shape index (κ1) is 18.6. The highest BCUT2D eigenvalue weighted by Crippen LogP contribution is 2.30. The highest BCUT2D eigenvalue weighted by molar-refractivity contribution is 6.34. The molecule has 3 N–H and O–H groups in total. The fourth-order valence-electron chi connectivity index (χ4n) is 2.88. The Morgan fingerprint density at radius 3 is 2.44 bits per heavy atom. The van der Waals surface area contributed by atoms with Crippen LogP contribution in [0.2, 0.25) is 0 Å². The van der Waals surface area contributed by atoms with Gasteiger partial charge >= 0.3 is 0 Å². The van der Waals surface area contributed by atoms with Crippen LogP contribution in [0.1, 0.15) is 44.4 Å². The summed E-state index contributed by atoms with van der Waals surface area (Å²) in [5.41, 5.74) is 6.71. The second-order valence-corrected chi connectivity index (χ2v) is 6.03. The largest absolute Gasteiger partial charge is 0.494 e. The molecule has 0 aliphatic carbocycles. The van der Waals surface area contributed by atoms with Gasteiger partial charge in [0.2, 0.25) is 0 Å². The summed E-state index contributed by atoms with van der Waals surface area (Å²) in [7, 11) is 0. The number of rotatable bonds is 7. The number of fused-ring (bicyclic) bond motifs is 1. The summed E-state index contributed by atoms with van der Waals surface area (Å²) >= 11 is 0. The fourth-order valence-corrected chi connectivity index (χ4v) is 2.88. The van der Waals surface area contributed by atoms with Gasteiger partial charge < -0.3 is 15.8 Å². The number of amides is 3. The van der Waals surface area contributed by atoms with Crippen LogP contribution in [0, 0.1) is 0 Å². The summed E-state index contributed by atoms with van der Waals surface area (Å²) in [6.45, 7) is 3.34. The monoisotopic (exact) mass is 367 g/mol. The summed E-state index contributed by atoms with van der Waals surface area (Å²) in [5.74, 6) is -0.495. The molecule has 0 bridgehead atoms. The van der Waals surface area contributed by atoms with Crippen molar-refractivity contribution in [3.05, 3.63) is 59.2 Å². The number of carbonyl (C=O) groups is 3. The number of nitrogens with zero attached hydrogens (tertiary/aromatic N) is 1. The summed E-state index contributed by atoms with van der Waals surface area (Å²) in [5, 5.41) is 2.74. The summed E-state index contributed by atoms with van der Waals surface area (Å²) in [4.78, 5) is 38.7. The van der Waals surface area contributed by atoms with Gasteiger partial charge in [-0.3, -0.25) is 14.4 Å². The fraction of sp³-hybridized carbons (Fsp3) is 0.250. The number of nitrogens with two attached hydrogens (primary N) is 1. The van der Waals surface area contributed by atoms with E-state index >= 15 is 0 Å². The average Bonchev–Trinajstić information content (AvgIpc) is 2.93. The molecule has 7 nitrogen and oxygen atoms in total. The Kier molecular flexibility index (Phi) is 5.52. The molecule has 0 saturated carbocycles. The summed E-state index contributed by atoms with van der Waals surface area (Å²) in [6.07, 6.45) is 0.666. The number of ether oxygens (including phenoxy) is 1. The average molecular weight is 367 g/mol. The van der Waals surface area contributed by atoms with Crippen LogP contribution >= 0.6 is 0 Å². The minimum absolute atomic E-state index is 0.223. The van der Waals surface area contributed by atoms with Crippen LogP contribution in [-0.4, -0.2) is 37.4 Å². The lowest BCUT2D eigenvalue weighted by Gasteiger charge is -2.14. The SMILES string of the molecule is CCOc1ccc(N2C(=O)c3ccc(C(=O)NCCCN)cc3C2=O)cc1. The van der Waals surface area contributed by atoms with E-state index in [-0.39, 0.29) is 17.0 Å². The normalized spacial score (nSPS) is 12.9.